The largest absolute Gasteiger partial charge is 0.481 e. The van der Waals surface area contributed by atoms with Crippen LogP contribution in [-0.4, -0.2) is 26.2 Å². The summed E-state index contributed by atoms with van der Waals surface area (Å²) >= 11 is 2.25. The van der Waals surface area contributed by atoms with E-state index in [-0.39, 0.29) is 16.4 Å². The van der Waals surface area contributed by atoms with E-state index in [1.54, 1.807) is 0 Å². The second-order valence-electron chi connectivity index (χ2n) is 5.67. The molecule has 0 aromatic heterocycles. The Labute approximate surface area is 171 Å². The first-order valence-corrected chi connectivity index (χ1v) is 10.3. The maximum Gasteiger partial charge on any atom is 0.303 e. The minimum Gasteiger partial charge on any atom is -0.481 e. The van der Waals surface area contributed by atoms with E-state index in [0.717, 1.165) is 19.3 Å². The van der Waals surface area contributed by atoms with Gasteiger partial charge in [0.25, 0.3) is 0 Å². The lowest BCUT2D eigenvalue weighted by molar-refractivity contribution is -0.136. The molecule has 0 aliphatic rings. The molecule has 0 aromatic carbocycles. The van der Waals surface area contributed by atoms with E-state index in [4.69, 9.17) is 5.11 Å². The molecular weight excluding hydrogens is 439 g/mol. The van der Waals surface area contributed by atoms with Crippen molar-refractivity contribution in [1.82, 2.24) is 0 Å². The molecule has 0 saturated carbocycles. The number of hydrogen-bond acceptors (Lipinski definition) is 2. The summed E-state index contributed by atoms with van der Waals surface area (Å²) in [5, 5.41) is 18.5. The van der Waals surface area contributed by atoms with E-state index in [1.165, 1.54) is 0 Å². The Bertz CT molecular complexity index is 528. The maximum absolute atomic E-state index is 10.3. The Morgan fingerprint density at radius 1 is 0.923 bits per heavy atom. The van der Waals surface area contributed by atoms with E-state index in [2.05, 4.69) is 53.8 Å². The van der Waals surface area contributed by atoms with Crippen molar-refractivity contribution in [3.8, 4) is 0 Å². The van der Waals surface area contributed by atoms with Gasteiger partial charge in [-0.15, -0.1) is 0 Å². The first-order chi connectivity index (χ1) is 12.6. The SMILES string of the molecule is CC/C=C\C[C@@H](O)[C@H](I)/C=C/C=C/C=C\C/C=C\C/C=C\CCC(=O)O. The summed E-state index contributed by atoms with van der Waals surface area (Å²) in [4.78, 5) is 10.3. The van der Waals surface area contributed by atoms with Crippen molar-refractivity contribution in [2.75, 3.05) is 0 Å². The highest BCUT2D eigenvalue weighted by atomic mass is 127. The zero-order valence-electron chi connectivity index (χ0n) is 15.5. The Hall–Kier alpha value is -1.40. The molecule has 2 N–H and O–H groups in total. The number of allylic oxidation sites excluding steroid dienone is 10. The van der Waals surface area contributed by atoms with Gasteiger partial charge in [0.2, 0.25) is 0 Å². The summed E-state index contributed by atoms with van der Waals surface area (Å²) in [6.07, 6.45) is 28.0. The van der Waals surface area contributed by atoms with E-state index in [9.17, 15) is 9.90 Å². The molecule has 144 valence electrons. The number of aliphatic hydroxyl groups is 1. The number of aliphatic hydroxyl groups excluding tert-OH is 1. The first-order valence-electron chi connectivity index (χ1n) is 9.06. The fourth-order valence-corrected chi connectivity index (χ4v) is 2.42. The third-order valence-electron chi connectivity index (χ3n) is 3.31. The van der Waals surface area contributed by atoms with Gasteiger partial charge in [0.15, 0.2) is 0 Å². The lowest BCUT2D eigenvalue weighted by atomic mass is 10.1. The van der Waals surface area contributed by atoms with Gasteiger partial charge in [-0.1, -0.05) is 102 Å². The van der Waals surface area contributed by atoms with Crippen LogP contribution in [-0.2, 0) is 4.79 Å². The molecule has 26 heavy (non-hydrogen) atoms. The minimum absolute atomic E-state index is 0.106. The van der Waals surface area contributed by atoms with Crippen molar-refractivity contribution >= 4 is 28.6 Å². The smallest absolute Gasteiger partial charge is 0.303 e. The third kappa shape index (κ3) is 17.4. The average molecular weight is 470 g/mol. The fourth-order valence-electron chi connectivity index (χ4n) is 1.89. The summed E-state index contributed by atoms with van der Waals surface area (Å²) in [5.74, 6) is -0.757. The van der Waals surface area contributed by atoms with Crippen molar-refractivity contribution in [3.63, 3.8) is 0 Å². The van der Waals surface area contributed by atoms with Crippen LogP contribution in [0.15, 0.2) is 72.9 Å². The van der Waals surface area contributed by atoms with Gasteiger partial charge in [-0.05, 0) is 32.1 Å². The molecule has 0 saturated heterocycles. The van der Waals surface area contributed by atoms with Crippen LogP contribution in [0.5, 0.6) is 0 Å². The minimum atomic E-state index is -0.757. The molecule has 0 heterocycles. The van der Waals surface area contributed by atoms with Crippen LogP contribution in [0.2, 0.25) is 0 Å². The van der Waals surface area contributed by atoms with Crippen LogP contribution in [0.4, 0.5) is 0 Å². The normalized spacial score (nSPS) is 15.5. The van der Waals surface area contributed by atoms with Crippen LogP contribution >= 0.6 is 22.6 Å². The van der Waals surface area contributed by atoms with Gasteiger partial charge < -0.3 is 10.2 Å². The van der Waals surface area contributed by atoms with Crippen LogP contribution < -0.4 is 0 Å². The summed E-state index contributed by atoms with van der Waals surface area (Å²) in [7, 11) is 0. The number of rotatable bonds is 14. The highest BCUT2D eigenvalue weighted by molar-refractivity contribution is 14.1. The number of carboxylic acid groups (broad SMARTS) is 1. The van der Waals surface area contributed by atoms with Crippen LogP contribution in [0.25, 0.3) is 0 Å². The van der Waals surface area contributed by atoms with Gasteiger partial charge in [-0.2, -0.15) is 0 Å². The van der Waals surface area contributed by atoms with Crippen LogP contribution in [0, 0.1) is 0 Å². The lowest BCUT2D eigenvalue weighted by Gasteiger charge is -2.11. The quantitative estimate of drug-likeness (QED) is 0.143. The van der Waals surface area contributed by atoms with E-state index in [1.807, 2.05) is 48.6 Å². The van der Waals surface area contributed by atoms with Gasteiger partial charge in [0.1, 0.15) is 0 Å². The molecule has 0 bridgehead atoms. The van der Waals surface area contributed by atoms with Gasteiger partial charge in [-0.3, -0.25) is 4.79 Å². The number of carboxylic acids is 1. The molecule has 0 aliphatic heterocycles. The third-order valence-corrected chi connectivity index (χ3v) is 4.56. The molecule has 0 rings (SSSR count). The molecule has 0 aromatic rings. The first kappa shape index (κ1) is 24.6. The van der Waals surface area contributed by atoms with Crippen molar-refractivity contribution in [1.29, 1.82) is 0 Å². The van der Waals surface area contributed by atoms with Crippen molar-refractivity contribution in [2.24, 2.45) is 0 Å². The van der Waals surface area contributed by atoms with Crippen molar-refractivity contribution in [2.45, 2.75) is 55.5 Å². The summed E-state index contributed by atoms with van der Waals surface area (Å²) < 4.78 is 0.106. The predicted molar refractivity (Wildman–Crippen MR) is 120 cm³/mol. The molecule has 3 nitrogen and oxygen atoms in total. The van der Waals surface area contributed by atoms with Crippen molar-refractivity contribution in [3.05, 3.63) is 72.9 Å². The Kier molecular flexibility index (Phi) is 17.4. The highest BCUT2D eigenvalue weighted by Gasteiger charge is 2.09. The summed E-state index contributed by atoms with van der Waals surface area (Å²) in [6.45, 7) is 2.08. The second-order valence-corrected chi connectivity index (χ2v) is 7.11. The number of hydrogen-bond donors (Lipinski definition) is 2. The zero-order chi connectivity index (χ0) is 19.5. The second kappa shape index (κ2) is 18.4. The fraction of sp³-hybridized carbons (Fsp3) is 0.409. The Balaban J connectivity index is 3.85. The molecule has 0 amide bonds. The number of alkyl halides is 1. The van der Waals surface area contributed by atoms with Gasteiger partial charge in [-0.25, -0.2) is 0 Å². The van der Waals surface area contributed by atoms with Gasteiger partial charge in [0.05, 0.1) is 10.0 Å². The summed E-state index contributed by atoms with van der Waals surface area (Å²) in [5.41, 5.74) is 0. The Morgan fingerprint density at radius 3 is 2.27 bits per heavy atom. The van der Waals surface area contributed by atoms with E-state index >= 15 is 0 Å². The molecule has 0 radical (unpaired) electrons. The van der Waals surface area contributed by atoms with Gasteiger partial charge >= 0.3 is 5.97 Å². The molecular formula is C22H31IO3. The zero-order valence-corrected chi connectivity index (χ0v) is 17.7. The highest BCUT2D eigenvalue weighted by Crippen LogP contribution is 2.12. The number of carbonyl (C=O) groups is 1. The number of aliphatic carboxylic acids is 1. The van der Waals surface area contributed by atoms with E-state index in [0.29, 0.717) is 12.8 Å². The maximum atomic E-state index is 10.3. The molecule has 0 unspecified atom stereocenters. The van der Waals surface area contributed by atoms with Crippen LogP contribution in [0.1, 0.15) is 45.4 Å². The predicted octanol–water partition coefficient (Wildman–Crippen LogP) is 5.93. The number of halogens is 1. The Morgan fingerprint density at radius 2 is 1.58 bits per heavy atom. The average Bonchev–Trinajstić information content (AvgIpc) is 2.61. The molecule has 2 atom stereocenters. The van der Waals surface area contributed by atoms with Crippen molar-refractivity contribution < 1.29 is 15.0 Å². The monoisotopic (exact) mass is 470 g/mol. The van der Waals surface area contributed by atoms with Crippen LogP contribution in [0.3, 0.4) is 0 Å². The lowest BCUT2D eigenvalue weighted by Crippen LogP contribution is -2.16. The molecule has 0 spiro atoms. The molecule has 0 fully saturated rings. The van der Waals surface area contributed by atoms with E-state index < -0.39 is 5.97 Å². The molecule has 0 aliphatic carbocycles. The standard InChI is InChI=1S/C22H31IO3/c1-2-3-14-18-21(24)20(23)17-15-12-10-8-6-4-5-7-9-11-13-16-19-22(25)26/h3,5-8,10-15,17,20-21,24H,2,4,9,16,18-19H2,1H3,(H,25,26)/b7-5-,8-6-,12-10+,13-11-,14-3-,17-15+/t20-,21-/m1/s1. The molecule has 4 heteroatoms. The van der Waals surface area contributed by atoms with Gasteiger partial charge in [0, 0.05) is 6.42 Å². The topological polar surface area (TPSA) is 57.5 Å². The summed E-state index contributed by atoms with van der Waals surface area (Å²) in [6, 6.07) is 0.